The van der Waals surface area contributed by atoms with Crippen LogP contribution >= 0.6 is 11.6 Å². The summed E-state index contributed by atoms with van der Waals surface area (Å²) in [6.45, 7) is 4.40. The number of ether oxygens (including phenoxy) is 2. The van der Waals surface area contributed by atoms with Crippen molar-refractivity contribution in [2.24, 2.45) is 0 Å². The Kier molecular flexibility index (Phi) is 7.32. The normalized spacial score (nSPS) is 14.8. The molecule has 3 amide bonds. The number of nitrogens with zero attached hydrogens (tertiary/aromatic N) is 1. The number of urea groups is 1. The molecule has 154 valence electrons. The van der Waals surface area contributed by atoms with E-state index < -0.39 is 6.09 Å². The van der Waals surface area contributed by atoms with E-state index in [1.54, 1.807) is 41.3 Å². The van der Waals surface area contributed by atoms with Gasteiger partial charge in [-0.1, -0.05) is 35.9 Å². The summed E-state index contributed by atoms with van der Waals surface area (Å²) in [6, 6.07) is 14.1. The topological polar surface area (TPSA) is 79.9 Å². The first-order chi connectivity index (χ1) is 14.0. The van der Waals surface area contributed by atoms with Crippen LogP contribution in [0.2, 0.25) is 5.02 Å². The third-order valence-corrected chi connectivity index (χ3v) is 4.83. The highest BCUT2D eigenvalue weighted by Gasteiger charge is 2.18. The molecule has 1 heterocycles. The van der Waals surface area contributed by atoms with Crippen molar-refractivity contribution in [3.05, 3.63) is 64.7 Å². The van der Waals surface area contributed by atoms with Gasteiger partial charge in [-0.15, -0.1) is 0 Å². The van der Waals surface area contributed by atoms with E-state index in [2.05, 4.69) is 10.6 Å². The summed E-state index contributed by atoms with van der Waals surface area (Å²) in [5.74, 6) is 0. The van der Waals surface area contributed by atoms with Crippen molar-refractivity contribution in [2.45, 2.75) is 19.6 Å². The van der Waals surface area contributed by atoms with Gasteiger partial charge in [0, 0.05) is 23.8 Å². The van der Waals surface area contributed by atoms with Gasteiger partial charge in [0.25, 0.3) is 0 Å². The first-order valence-electron chi connectivity index (χ1n) is 9.42. The minimum absolute atomic E-state index is 0.103. The lowest BCUT2D eigenvalue weighted by Crippen LogP contribution is -2.46. The maximum absolute atomic E-state index is 12.3. The molecular formula is C21H24ClN3O4. The molecule has 2 N–H and O–H groups in total. The van der Waals surface area contributed by atoms with E-state index in [1.807, 2.05) is 19.1 Å². The lowest BCUT2D eigenvalue weighted by Gasteiger charge is -2.28. The van der Waals surface area contributed by atoms with Crippen LogP contribution in [0.5, 0.6) is 0 Å². The van der Waals surface area contributed by atoms with Crippen LogP contribution in [0, 0.1) is 0 Å². The van der Waals surface area contributed by atoms with Crippen LogP contribution in [0.15, 0.2) is 48.5 Å². The second-order valence-corrected chi connectivity index (χ2v) is 7.16. The van der Waals surface area contributed by atoms with Gasteiger partial charge in [0.05, 0.1) is 19.3 Å². The molecular weight excluding hydrogens is 394 g/mol. The number of carbonyl (C=O) groups excluding carboxylic acids is 2. The highest BCUT2D eigenvalue weighted by atomic mass is 35.5. The molecule has 8 heteroatoms. The van der Waals surface area contributed by atoms with Gasteiger partial charge in [0.2, 0.25) is 0 Å². The van der Waals surface area contributed by atoms with Crippen LogP contribution in [0.25, 0.3) is 0 Å². The molecule has 0 saturated carbocycles. The predicted octanol–water partition coefficient (Wildman–Crippen LogP) is 4.19. The molecule has 0 unspecified atom stereocenters. The van der Waals surface area contributed by atoms with Crippen LogP contribution in [0.3, 0.4) is 0 Å². The summed E-state index contributed by atoms with van der Waals surface area (Å²) in [7, 11) is 0. The van der Waals surface area contributed by atoms with Crippen LogP contribution in [0.4, 0.5) is 15.3 Å². The summed E-state index contributed by atoms with van der Waals surface area (Å²) in [5, 5.41) is 6.30. The Bertz CT molecular complexity index is 821. The predicted molar refractivity (Wildman–Crippen MR) is 111 cm³/mol. The quantitative estimate of drug-likeness (QED) is 0.764. The van der Waals surface area contributed by atoms with E-state index in [-0.39, 0.29) is 18.7 Å². The van der Waals surface area contributed by atoms with Gasteiger partial charge in [-0.2, -0.15) is 0 Å². The molecule has 2 aromatic carbocycles. The smallest absolute Gasteiger partial charge is 0.411 e. The summed E-state index contributed by atoms with van der Waals surface area (Å²) < 4.78 is 10.5. The average Bonchev–Trinajstić information content (AvgIpc) is 2.74. The number of hydrogen-bond donors (Lipinski definition) is 2. The number of carbonyl (C=O) groups is 2. The minimum atomic E-state index is -0.540. The number of halogens is 1. The van der Waals surface area contributed by atoms with Crippen LogP contribution in [0.1, 0.15) is 24.1 Å². The van der Waals surface area contributed by atoms with E-state index in [9.17, 15) is 9.59 Å². The zero-order chi connectivity index (χ0) is 20.6. The molecule has 0 aliphatic carbocycles. The molecule has 29 heavy (non-hydrogen) atoms. The van der Waals surface area contributed by atoms with Gasteiger partial charge < -0.3 is 19.7 Å². The van der Waals surface area contributed by atoms with E-state index in [0.29, 0.717) is 37.0 Å². The second-order valence-electron chi connectivity index (χ2n) is 6.72. The van der Waals surface area contributed by atoms with Gasteiger partial charge in [-0.05, 0) is 42.3 Å². The van der Waals surface area contributed by atoms with Crippen LogP contribution < -0.4 is 10.6 Å². The average molecular weight is 418 g/mol. The van der Waals surface area contributed by atoms with Crippen LogP contribution in [-0.2, 0) is 16.1 Å². The fourth-order valence-corrected chi connectivity index (χ4v) is 2.99. The summed E-state index contributed by atoms with van der Waals surface area (Å²) in [4.78, 5) is 26.0. The first kappa shape index (κ1) is 21.0. The van der Waals surface area contributed by atoms with E-state index in [0.717, 1.165) is 11.1 Å². The monoisotopic (exact) mass is 417 g/mol. The summed E-state index contributed by atoms with van der Waals surface area (Å²) in [5.41, 5.74) is 2.40. The Morgan fingerprint density at radius 1 is 1.10 bits per heavy atom. The second kappa shape index (κ2) is 10.1. The van der Waals surface area contributed by atoms with Gasteiger partial charge >= 0.3 is 12.1 Å². The number of amides is 3. The van der Waals surface area contributed by atoms with Crippen molar-refractivity contribution < 1.29 is 19.1 Å². The Morgan fingerprint density at radius 2 is 1.76 bits per heavy atom. The van der Waals surface area contributed by atoms with Gasteiger partial charge in [0.1, 0.15) is 6.61 Å². The number of rotatable bonds is 5. The zero-order valence-corrected chi connectivity index (χ0v) is 16.9. The van der Waals surface area contributed by atoms with Crippen molar-refractivity contribution in [2.75, 3.05) is 31.6 Å². The SMILES string of the molecule is C[C@H](NC(=O)N1CCOCC1)c1ccc(NC(=O)OCc2ccc(Cl)cc2)cc1. The lowest BCUT2D eigenvalue weighted by atomic mass is 10.1. The van der Waals surface area contributed by atoms with Crippen molar-refractivity contribution in [1.82, 2.24) is 10.2 Å². The molecule has 0 spiro atoms. The van der Waals surface area contributed by atoms with Gasteiger partial charge in [-0.3, -0.25) is 5.32 Å². The Balaban J connectivity index is 1.46. The Morgan fingerprint density at radius 3 is 2.41 bits per heavy atom. The number of anilines is 1. The minimum Gasteiger partial charge on any atom is -0.444 e. The van der Waals surface area contributed by atoms with Crippen molar-refractivity contribution in [3.8, 4) is 0 Å². The molecule has 1 fully saturated rings. The standard InChI is InChI=1S/C21H24ClN3O4/c1-15(23-20(26)25-10-12-28-13-11-25)17-4-8-19(9-5-17)24-21(27)29-14-16-2-6-18(22)7-3-16/h2-9,15H,10-14H2,1H3,(H,23,26)(H,24,27)/t15-/m0/s1. The molecule has 0 bridgehead atoms. The number of hydrogen-bond acceptors (Lipinski definition) is 4. The third-order valence-electron chi connectivity index (χ3n) is 4.58. The number of morpholine rings is 1. The lowest BCUT2D eigenvalue weighted by molar-refractivity contribution is 0.0526. The van der Waals surface area contributed by atoms with Crippen molar-refractivity contribution in [1.29, 1.82) is 0 Å². The zero-order valence-electron chi connectivity index (χ0n) is 16.2. The maximum atomic E-state index is 12.3. The third kappa shape index (κ3) is 6.37. The van der Waals surface area contributed by atoms with E-state index in [1.165, 1.54) is 0 Å². The summed E-state index contributed by atoms with van der Waals surface area (Å²) in [6.07, 6.45) is -0.540. The molecule has 0 radical (unpaired) electrons. The first-order valence-corrected chi connectivity index (χ1v) is 9.80. The highest BCUT2D eigenvalue weighted by molar-refractivity contribution is 6.30. The maximum Gasteiger partial charge on any atom is 0.411 e. The molecule has 1 aliphatic heterocycles. The van der Waals surface area contributed by atoms with Crippen LogP contribution in [-0.4, -0.2) is 43.3 Å². The fraction of sp³-hybridized carbons (Fsp3) is 0.333. The molecule has 1 saturated heterocycles. The number of benzene rings is 2. The van der Waals surface area contributed by atoms with Crippen molar-refractivity contribution >= 4 is 29.4 Å². The summed E-state index contributed by atoms with van der Waals surface area (Å²) >= 11 is 5.83. The largest absolute Gasteiger partial charge is 0.444 e. The molecule has 0 aromatic heterocycles. The highest BCUT2D eigenvalue weighted by Crippen LogP contribution is 2.17. The molecule has 2 aromatic rings. The van der Waals surface area contributed by atoms with Gasteiger partial charge in [0.15, 0.2) is 0 Å². The number of nitrogens with one attached hydrogen (secondary N) is 2. The van der Waals surface area contributed by atoms with Crippen molar-refractivity contribution in [3.63, 3.8) is 0 Å². The molecule has 7 nitrogen and oxygen atoms in total. The fourth-order valence-electron chi connectivity index (χ4n) is 2.86. The molecule has 1 aliphatic rings. The van der Waals surface area contributed by atoms with Gasteiger partial charge in [-0.25, -0.2) is 9.59 Å². The molecule has 1 atom stereocenters. The molecule has 3 rings (SSSR count). The van der Waals surface area contributed by atoms with E-state index >= 15 is 0 Å². The Hall–Kier alpha value is -2.77. The van der Waals surface area contributed by atoms with E-state index in [4.69, 9.17) is 21.1 Å². The Labute approximate surface area is 174 Å².